The fraction of sp³-hybridized carbons (Fsp3) is 0.319. The highest BCUT2D eigenvalue weighted by atomic mass is 35.5. The molecule has 0 saturated carbocycles. The number of hydrogen-bond acceptors (Lipinski definition) is 14. The third-order valence-electron chi connectivity index (χ3n) is 10.2. The Kier molecular flexibility index (Phi) is 17.8. The number of halogens is 2. The summed E-state index contributed by atoms with van der Waals surface area (Å²) in [6, 6.07) is 23.0. The van der Waals surface area contributed by atoms with Crippen molar-refractivity contribution in [1.29, 1.82) is 0 Å². The molecule has 2 heterocycles. The Morgan fingerprint density at radius 3 is 1.42 bits per heavy atom. The predicted molar refractivity (Wildman–Crippen MR) is 274 cm³/mol. The first-order valence-corrected chi connectivity index (χ1v) is 26.8. The van der Waals surface area contributed by atoms with E-state index in [9.17, 15) is 9.13 Å². The van der Waals surface area contributed by atoms with Crippen LogP contribution in [-0.2, 0) is 22.0 Å². The Labute approximate surface area is 393 Å². The van der Waals surface area contributed by atoms with Gasteiger partial charge in [0, 0.05) is 17.2 Å². The summed E-state index contributed by atoms with van der Waals surface area (Å²) < 4.78 is 36.6. The van der Waals surface area contributed by atoms with Crippen molar-refractivity contribution in [1.82, 2.24) is 30.2 Å². The highest BCUT2D eigenvalue weighted by molar-refractivity contribution is 7.70. The number of aromatic nitrogens is 4. The highest BCUT2D eigenvalue weighted by Gasteiger charge is 2.20. The van der Waals surface area contributed by atoms with E-state index < -0.39 is 14.3 Å². The molecule has 346 valence electrons. The van der Waals surface area contributed by atoms with Crippen LogP contribution in [0.2, 0.25) is 10.0 Å². The van der Waals surface area contributed by atoms with Gasteiger partial charge in [-0.1, -0.05) is 47.5 Å². The molecule has 0 radical (unpaired) electrons. The van der Waals surface area contributed by atoms with Crippen LogP contribution in [0, 0.1) is 13.8 Å². The molecule has 5 N–H and O–H groups in total. The summed E-state index contributed by atoms with van der Waals surface area (Å²) in [4.78, 5) is 19.9. The van der Waals surface area contributed by atoms with Crippen molar-refractivity contribution < 1.29 is 18.6 Å². The molecule has 0 aliphatic heterocycles. The normalized spacial score (nSPS) is 11.4. The highest BCUT2D eigenvalue weighted by Crippen LogP contribution is 2.40. The van der Waals surface area contributed by atoms with Crippen LogP contribution in [0.15, 0.2) is 85.2 Å². The lowest BCUT2D eigenvalue weighted by Crippen LogP contribution is -2.15. The molecule has 0 saturated heterocycles. The van der Waals surface area contributed by atoms with Crippen LogP contribution in [0.4, 0.5) is 46.3 Å². The van der Waals surface area contributed by atoms with Crippen molar-refractivity contribution in [2.75, 3.05) is 96.4 Å². The first-order valence-electron chi connectivity index (χ1n) is 20.9. The topological polar surface area (TPSA) is 168 Å². The van der Waals surface area contributed by atoms with E-state index in [1.165, 1.54) is 23.5 Å². The summed E-state index contributed by atoms with van der Waals surface area (Å²) in [5, 5.41) is 18.3. The second kappa shape index (κ2) is 22.8. The first kappa shape index (κ1) is 50.8. The lowest BCUT2D eigenvalue weighted by molar-refractivity contribution is 0.407. The van der Waals surface area contributed by atoms with Gasteiger partial charge in [0.15, 0.2) is 11.6 Å². The van der Waals surface area contributed by atoms with Crippen LogP contribution in [0.5, 0.6) is 11.5 Å². The van der Waals surface area contributed by atoms with Gasteiger partial charge in [0.25, 0.3) is 0 Å². The second-order valence-electron chi connectivity index (χ2n) is 16.4. The maximum Gasteiger partial charge on any atom is 0.229 e. The van der Waals surface area contributed by atoms with E-state index >= 15 is 0 Å². The predicted octanol–water partition coefficient (Wildman–Crippen LogP) is 10.2. The van der Waals surface area contributed by atoms with E-state index in [2.05, 4.69) is 79.4 Å². The Balaban J connectivity index is 0.000000244. The lowest BCUT2D eigenvalue weighted by Gasteiger charge is -2.17. The van der Waals surface area contributed by atoms with Gasteiger partial charge >= 0.3 is 0 Å². The van der Waals surface area contributed by atoms with Gasteiger partial charge in [-0.3, -0.25) is 0 Å². The third kappa shape index (κ3) is 14.1. The molecule has 14 nitrogen and oxygen atoms in total. The number of para-hydroxylation sites is 2. The maximum atomic E-state index is 12.7. The van der Waals surface area contributed by atoms with Gasteiger partial charge in [-0.2, -0.15) is 9.97 Å². The van der Waals surface area contributed by atoms with Crippen LogP contribution in [0.25, 0.3) is 0 Å². The van der Waals surface area contributed by atoms with Gasteiger partial charge in [0.1, 0.15) is 35.8 Å². The molecule has 0 aliphatic carbocycles. The molecular weight excluding hydrogens is 901 g/mol. The molecule has 0 spiro atoms. The Hall–Kier alpha value is -5.20. The summed E-state index contributed by atoms with van der Waals surface area (Å²) >= 11 is 12.7. The molecule has 0 aliphatic rings. The number of rotatable bonds is 18. The maximum absolute atomic E-state index is 12.7. The van der Waals surface area contributed by atoms with Gasteiger partial charge < -0.3 is 50.1 Å². The Bertz CT molecular complexity index is 2690. The summed E-state index contributed by atoms with van der Waals surface area (Å²) in [6.07, 6.45) is 4.89. The number of likely N-dealkylation sites (N-methyl/N-ethyl adjacent to an activating group) is 2. The van der Waals surface area contributed by atoms with Crippen LogP contribution < -0.4 is 46.7 Å². The summed E-state index contributed by atoms with van der Waals surface area (Å²) in [5.41, 5.74) is 7.68. The first-order chi connectivity index (χ1) is 30.8. The minimum atomic E-state index is -2.49. The molecule has 2 aromatic heterocycles. The van der Waals surface area contributed by atoms with Crippen LogP contribution >= 0.6 is 37.5 Å². The van der Waals surface area contributed by atoms with Crippen molar-refractivity contribution in [2.45, 2.75) is 26.7 Å². The molecule has 0 unspecified atom stereocenters. The van der Waals surface area contributed by atoms with Crippen LogP contribution in [0.1, 0.15) is 22.3 Å². The molecule has 0 bridgehead atoms. The molecule has 65 heavy (non-hydrogen) atoms. The third-order valence-corrected chi connectivity index (χ3v) is 13.9. The Morgan fingerprint density at radius 2 is 1.03 bits per heavy atom. The van der Waals surface area contributed by atoms with Crippen molar-refractivity contribution in [3.05, 3.63) is 117 Å². The van der Waals surface area contributed by atoms with E-state index in [4.69, 9.17) is 32.7 Å². The molecule has 6 aromatic rings. The van der Waals surface area contributed by atoms with E-state index in [1.807, 2.05) is 79.8 Å². The van der Waals surface area contributed by atoms with E-state index in [-0.39, 0.29) is 0 Å². The number of anilines is 8. The molecule has 0 atom stereocenters. The van der Waals surface area contributed by atoms with Crippen molar-refractivity contribution in [2.24, 2.45) is 0 Å². The smallest absolute Gasteiger partial charge is 0.229 e. The molecular formula is C47H60Cl2N10O4P2. The quantitative estimate of drug-likeness (QED) is 0.0516. The van der Waals surface area contributed by atoms with E-state index in [0.717, 1.165) is 59.0 Å². The van der Waals surface area contributed by atoms with Gasteiger partial charge in [0.2, 0.25) is 11.9 Å². The van der Waals surface area contributed by atoms with Crippen molar-refractivity contribution in [3.8, 4) is 11.5 Å². The zero-order valence-corrected chi connectivity index (χ0v) is 42.2. The Morgan fingerprint density at radius 1 is 0.615 bits per heavy atom. The second-order valence-corrected chi connectivity index (χ2v) is 23.6. The van der Waals surface area contributed by atoms with Gasteiger partial charge in [-0.15, -0.1) is 0 Å². The monoisotopic (exact) mass is 960 g/mol. The molecule has 4 aromatic carbocycles. The lowest BCUT2D eigenvalue weighted by atomic mass is 10.0. The molecule has 0 fully saturated rings. The summed E-state index contributed by atoms with van der Waals surface area (Å²) in [6.45, 7) is 12.9. The molecule has 6 rings (SSSR count). The van der Waals surface area contributed by atoms with Crippen molar-refractivity contribution in [3.63, 3.8) is 0 Å². The molecule has 18 heteroatoms. The number of methoxy groups -OCH3 is 2. The van der Waals surface area contributed by atoms with Gasteiger partial charge in [0.05, 0.1) is 49.4 Å². The summed E-state index contributed by atoms with van der Waals surface area (Å²) in [5.74, 6) is 3.00. The zero-order valence-electron chi connectivity index (χ0n) is 38.9. The van der Waals surface area contributed by atoms with Gasteiger partial charge in [-0.05, 0) is 152 Å². The number of benzene rings is 4. The number of hydrogen-bond donors (Lipinski definition) is 5. The number of aryl methyl sites for hydroxylation is 2. The number of nitrogens with zero attached hydrogens (tertiary/aromatic N) is 5. The average molecular weight is 962 g/mol. The van der Waals surface area contributed by atoms with Crippen LogP contribution in [-0.4, -0.2) is 99.9 Å². The van der Waals surface area contributed by atoms with Gasteiger partial charge in [-0.25, -0.2) is 9.97 Å². The number of nitrogens with one attached hydrogen (secondary N) is 5. The zero-order chi connectivity index (χ0) is 47.5. The molecule has 0 amide bonds. The fourth-order valence-electron chi connectivity index (χ4n) is 6.76. The summed E-state index contributed by atoms with van der Waals surface area (Å²) in [7, 11) is 4.35. The van der Waals surface area contributed by atoms with E-state index in [1.54, 1.807) is 40.9 Å². The average Bonchev–Trinajstić information content (AvgIpc) is 3.25. The minimum absolute atomic E-state index is 0.359. The van der Waals surface area contributed by atoms with Crippen LogP contribution in [0.3, 0.4) is 0 Å². The SMILES string of the molecule is CNCCc1cc(OC)c(Nc2ncc(Cl)c(Nc3ccccc3P(C)(C)=O)n2)cc1C.COc1cc(CCN(C)C)c(C)cc1Nc1ncc(Cl)c(Nc2ccccc2P(C)(C)=O)n1. The standard InChI is InChI=1S/C24H31ClN5O2P.C23H29ClN5O2P/c1-16-13-20(21(32-4)14-17(16)11-12-30(2)3)28-24-26-15-18(25)23(29-24)27-19-9-7-8-10-22(19)33(5,6)31;1-15-12-19(20(31-3)13-16(15)10-11-25-2)28-23-26-14-17(24)22(29-23)27-18-8-6-7-9-21(18)32(4,5)30/h7-10,13-15H,11-12H2,1-6H3,(H2,26,27,28,29);6-9,12-14,25H,10-11H2,1-5H3,(H2,26,27,28,29). The fourth-order valence-corrected chi connectivity index (χ4v) is 9.35. The van der Waals surface area contributed by atoms with E-state index in [0.29, 0.717) is 56.5 Å². The largest absolute Gasteiger partial charge is 0.495 e. The number of ether oxygens (including phenoxy) is 2. The van der Waals surface area contributed by atoms with Crippen molar-refractivity contribution >= 4 is 94.4 Å². The minimum Gasteiger partial charge on any atom is -0.495 e.